The molecule has 0 amide bonds. The highest BCUT2D eigenvalue weighted by molar-refractivity contribution is 5.28. The predicted octanol–water partition coefficient (Wildman–Crippen LogP) is 3.48. The fourth-order valence-corrected chi connectivity index (χ4v) is 2.14. The number of methoxy groups -OCH3 is 1. The molecule has 0 saturated carbocycles. The number of aryl methyl sites for hydroxylation is 1. The molecular formula is C17H20FNO. The van der Waals surface area contributed by atoms with E-state index >= 15 is 0 Å². The van der Waals surface area contributed by atoms with E-state index in [2.05, 4.69) is 17.4 Å². The van der Waals surface area contributed by atoms with Crippen molar-refractivity contribution >= 4 is 0 Å². The van der Waals surface area contributed by atoms with Crippen molar-refractivity contribution in [1.82, 2.24) is 5.32 Å². The van der Waals surface area contributed by atoms with Gasteiger partial charge in [-0.25, -0.2) is 4.39 Å². The number of ether oxygens (including phenoxy) is 1. The molecule has 0 radical (unpaired) electrons. The summed E-state index contributed by atoms with van der Waals surface area (Å²) in [5.41, 5.74) is 3.42. The molecular weight excluding hydrogens is 253 g/mol. The zero-order valence-corrected chi connectivity index (χ0v) is 11.9. The normalized spacial score (nSPS) is 10.6. The molecule has 106 valence electrons. The number of nitrogens with one attached hydrogen (secondary N) is 1. The number of halogens is 1. The lowest BCUT2D eigenvalue weighted by atomic mass is 10.1. The van der Waals surface area contributed by atoms with Gasteiger partial charge in [-0.05, 0) is 60.8 Å². The first-order valence-electron chi connectivity index (χ1n) is 6.77. The fraction of sp³-hybridized carbons (Fsp3) is 0.294. The minimum atomic E-state index is -0.169. The van der Waals surface area contributed by atoms with Crippen LogP contribution in [0.2, 0.25) is 0 Å². The quantitative estimate of drug-likeness (QED) is 0.814. The molecule has 2 rings (SSSR count). The molecule has 2 aromatic rings. The lowest BCUT2D eigenvalue weighted by molar-refractivity contribution is 0.414. The van der Waals surface area contributed by atoms with Crippen molar-refractivity contribution in [3.63, 3.8) is 0 Å². The van der Waals surface area contributed by atoms with E-state index in [4.69, 9.17) is 4.74 Å². The molecule has 0 heterocycles. The Kier molecular flexibility index (Phi) is 5.13. The third-order valence-electron chi connectivity index (χ3n) is 3.36. The van der Waals surface area contributed by atoms with Crippen LogP contribution in [0.15, 0.2) is 42.5 Å². The second-order valence-electron chi connectivity index (χ2n) is 4.85. The molecule has 0 aliphatic carbocycles. The molecule has 0 bridgehead atoms. The van der Waals surface area contributed by atoms with E-state index in [1.165, 1.54) is 17.2 Å². The zero-order chi connectivity index (χ0) is 14.4. The van der Waals surface area contributed by atoms with Crippen molar-refractivity contribution < 1.29 is 9.13 Å². The molecule has 0 aliphatic rings. The first-order valence-corrected chi connectivity index (χ1v) is 6.77. The Morgan fingerprint density at radius 3 is 2.50 bits per heavy atom. The van der Waals surface area contributed by atoms with Crippen molar-refractivity contribution in [1.29, 1.82) is 0 Å². The highest BCUT2D eigenvalue weighted by Crippen LogP contribution is 2.12. The van der Waals surface area contributed by atoms with Crippen LogP contribution in [0.25, 0.3) is 0 Å². The van der Waals surface area contributed by atoms with E-state index in [0.717, 1.165) is 30.8 Å². The smallest absolute Gasteiger partial charge is 0.123 e. The number of hydrogen-bond acceptors (Lipinski definition) is 2. The van der Waals surface area contributed by atoms with Gasteiger partial charge in [-0.2, -0.15) is 0 Å². The third-order valence-corrected chi connectivity index (χ3v) is 3.36. The minimum absolute atomic E-state index is 0.169. The van der Waals surface area contributed by atoms with Gasteiger partial charge in [0.05, 0.1) is 7.11 Å². The molecule has 20 heavy (non-hydrogen) atoms. The van der Waals surface area contributed by atoms with E-state index in [1.54, 1.807) is 13.2 Å². The molecule has 0 fully saturated rings. The van der Waals surface area contributed by atoms with Gasteiger partial charge in [-0.1, -0.05) is 18.2 Å². The first kappa shape index (κ1) is 14.5. The van der Waals surface area contributed by atoms with Gasteiger partial charge in [0.1, 0.15) is 11.6 Å². The average Bonchev–Trinajstić information content (AvgIpc) is 2.46. The van der Waals surface area contributed by atoms with E-state index in [-0.39, 0.29) is 5.82 Å². The Morgan fingerprint density at radius 1 is 1.10 bits per heavy atom. The lowest BCUT2D eigenvalue weighted by Gasteiger charge is -2.08. The predicted molar refractivity (Wildman–Crippen MR) is 79.5 cm³/mol. The summed E-state index contributed by atoms with van der Waals surface area (Å²) in [6.07, 6.45) is 0.905. The van der Waals surface area contributed by atoms with E-state index in [1.807, 2.05) is 25.1 Å². The maximum atomic E-state index is 13.0. The van der Waals surface area contributed by atoms with Gasteiger partial charge in [0.25, 0.3) is 0 Å². The summed E-state index contributed by atoms with van der Waals surface area (Å²) in [6.45, 7) is 3.64. The van der Waals surface area contributed by atoms with E-state index < -0.39 is 0 Å². The van der Waals surface area contributed by atoms with Crippen molar-refractivity contribution in [3.8, 4) is 5.75 Å². The summed E-state index contributed by atoms with van der Waals surface area (Å²) in [7, 11) is 1.66. The summed E-state index contributed by atoms with van der Waals surface area (Å²) >= 11 is 0. The standard InChI is InChI=1S/C17H20FNO/c1-13-11-16(18)6-5-15(13)9-10-19-12-14-3-7-17(20-2)8-4-14/h3-8,11,19H,9-10,12H2,1-2H3. The lowest BCUT2D eigenvalue weighted by Crippen LogP contribution is -2.17. The first-order chi connectivity index (χ1) is 9.69. The SMILES string of the molecule is COc1ccc(CNCCc2ccc(F)cc2C)cc1. The molecule has 1 N–H and O–H groups in total. The van der Waals surface area contributed by atoms with Gasteiger partial charge in [-0.15, -0.1) is 0 Å². The largest absolute Gasteiger partial charge is 0.497 e. The van der Waals surface area contributed by atoms with Crippen LogP contribution in [0.5, 0.6) is 5.75 Å². The van der Waals surface area contributed by atoms with Crippen molar-refractivity contribution in [2.45, 2.75) is 19.9 Å². The molecule has 0 spiro atoms. The second-order valence-corrected chi connectivity index (χ2v) is 4.85. The molecule has 3 heteroatoms. The summed E-state index contributed by atoms with van der Waals surface area (Å²) in [6, 6.07) is 13.0. The van der Waals surface area contributed by atoms with Gasteiger partial charge in [0.15, 0.2) is 0 Å². The number of hydrogen-bond donors (Lipinski definition) is 1. The second kappa shape index (κ2) is 7.06. The molecule has 0 aliphatic heterocycles. The van der Waals surface area contributed by atoms with Crippen molar-refractivity contribution in [3.05, 3.63) is 65.0 Å². The van der Waals surface area contributed by atoms with E-state index in [9.17, 15) is 4.39 Å². The Morgan fingerprint density at radius 2 is 1.85 bits per heavy atom. The van der Waals surface area contributed by atoms with Gasteiger partial charge < -0.3 is 10.1 Å². The van der Waals surface area contributed by atoms with Crippen LogP contribution in [0.1, 0.15) is 16.7 Å². The van der Waals surface area contributed by atoms with Crippen LogP contribution in [0.4, 0.5) is 4.39 Å². The molecule has 0 saturated heterocycles. The highest BCUT2D eigenvalue weighted by Gasteiger charge is 2.00. The summed E-state index contributed by atoms with van der Waals surface area (Å²) in [5, 5.41) is 3.39. The van der Waals surface area contributed by atoms with Crippen LogP contribution < -0.4 is 10.1 Å². The van der Waals surface area contributed by atoms with Gasteiger partial charge in [0.2, 0.25) is 0 Å². The Hall–Kier alpha value is -1.87. The highest BCUT2D eigenvalue weighted by atomic mass is 19.1. The topological polar surface area (TPSA) is 21.3 Å². The van der Waals surface area contributed by atoms with Crippen LogP contribution >= 0.6 is 0 Å². The maximum Gasteiger partial charge on any atom is 0.123 e. The van der Waals surface area contributed by atoms with Crippen LogP contribution in [0, 0.1) is 12.7 Å². The van der Waals surface area contributed by atoms with Crippen molar-refractivity contribution in [2.75, 3.05) is 13.7 Å². The summed E-state index contributed by atoms with van der Waals surface area (Å²) in [4.78, 5) is 0. The van der Waals surface area contributed by atoms with Gasteiger partial charge in [0, 0.05) is 6.54 Å². The maximum absolute atomic E-state index is 13.0. The summed E-state index contributed by atoms with van der Waals surface area (Å²) in [5.74, 6) is 0.702. The molecule has 2 nitrogen and oxygen atoms in total. The van der Waals surface area contributed by atoms with Gasteiger partial charge >= 0.3 is 0 Å². The monoisotopic (exact) mass is 273 g/mol. The summed E-state index contributed by atoms with van der Waals surface area (Å²) < 4.78 is 18.1. The average molecular weight is 273 g/mol. The number of benzene rings is 2. The number of rotatable bonds is 6. The molecule has 0 unspecified atom stereocenters. The van der Waals surface area contributed by atoms with Gasteiger partial charge in [-0.3, -0.25) is 0 Å². The molecule has 2 aromatic carbocycles. The third kappa shape index (κ3) is 4.07. The molecule has 0 atom stereocenters. The Balaban J connectivity index is 1.78. The van der Waals surface area contributed by atoms with Crippen LogP contribution in [-0.2, 0) is 13.0 Å². The Labute approximate surface area is 119 Å². The zero-order valence-electron chi connectivity index (χ0n) is 11.9. The molecule has 0 aromatic heterocycles. The minimum Gasteiger partial charge on any atom is -0.497 e. The van der Waals surface area contributed by atoms with Crippen LogP contribution in [0.3, 0.4) is 0 Å². The van der Waals surface area contributed by atoms with Crippen molar-refractivity contribution in [2.24, 2.45) is 0 Å². The fourth-order valence-electron chi connectivity index (χ4n) is 2.14. The Bertz CT molecular complexity index is 551. The van der Waals surface area contributed by atoms with Crippen LogP contribution in [-0.4, -0.2) is 13.7 Å². The van der Waals surface area contributed by atoms with E-state index in [0.29, 0.717) is 0 Å².